The number of amides is 1. The van der Waals surface area contributed by atoms with Crippen LogP contribution in [0.5, 0.6) is 0 Å². The Hall–Kier alpha value is -1.91. The lowest BCUT2D eigenvalue weighted by atomic mass is 10.0. The summed E-state index contributed by atoms with van der Waals surface area (Å²) in [5, 5.41) is 3.21. The highest BCUT2D eigenvalue weighted by Gasteiger charge is 2.68. The van der Waals surface area contributed by atoms with E-state index in [-0.39, 0.29) is 12.5 Å². The molecule has 0 bridgehead atoms. The fourth-order valence-corrected chi connectivity index (χ4v) is 2.80. The molecular weight excluding hydrogens is 264 g/mol. The lowest BCUT2D eigenvalue weighted by Gasteiger charge is -2.01. The Balaban J connectivity index is 1.93. The lowest BCUT2D eigenvalue weighted by molar-refractivity contribution is -0.119. The largest absolute Gasteiger partial charge is 0.461 e. The van der Waals surface area contributed by atoms with Crippen LogP contribution in [0.25, 0.3) is 11.0 Å². The van der Waals surface area contributed by atoms with Crippen LogP contribution in [0.4, 0.5) is 8.78 Å². The van der Waals surface area contributed by atoms with E-state index in [4.69, 9.17) is 4.42 Å². The van der Waals surface area contributed by atoms with Crippen molar-refractivity contribution in [1.82, 2.24) is 5.32 Å². The van der Waals surface area contributed by atoms with Crippen molar-refractivity contribution in [2.45, 2.75) is 25.7 Å². The molecule has 1 aromatic carbocycles. The molecule has 3 rings (SSSR count). The summed E-state index contributed by atoms with van der Waals surface area (Å²) in [5.74, 6) is -4.05. The van der Waals surface area contributed by atoms with E-state index in [1.807, 2.05) is 0 Å². The fourth-order valence-electron chi connectivity index (χ4n) is 2.80. The Morgan fingerprint density at radius 3 is 2.90 bits per heavy atom. The summed E-state index contributed by atoms with van der Waals surface area (Å²) in [4.78, 5) is 10.9. The van der Waals surface area contributed by atoms with Crippen LogP contribution in [0.3, 0.4) is 0 Å². The van der Waals surface area contributed by atoms with Crippen molar-refractivity contribution in [3.05, 3.63) is 35.6 Å². The molecule has 1 amide bonds. The van der Waals surface area contributed by atoms with Gasteiger partial charge in [-0.2, -0.15) is 0 Å². The topological polar surface area (TPSA) is 42.2 Å². The van der Waals surface area contributed by atoms with Crippen LogP contribution in [-0.2, 0) is 4.79 Å². The third-order valence-corrected chi connectivity index (χ3v) is 3.83. The average Bonchev–Trinajstić information content (AvgIpc) is 2.70. The second-order valence-electron chi connectivity index (χ2n) is 5.31. The van der Waals surface area contributed by atoms with Crippen molar-refractivity contribution >= 4 is 16.9 Å². The minimum atomic E-state index is -2.78. The molecule has 0 radical (unpaired) electrons. The van der Waals surface area contributed by atoms with Crippen molar-refractivity contribution in [2.75, 3.05) is 6.54 Å². The number of aryl methyl sites for hydroxylation is 1. The van der Waals surface area contributed by atoms with Gasteiger partial charge in [0.1, 0.15) is 11.3 Å². The maximum Gasteiger partial charge on any atom is 0.260 e. The van der Waals surface area contributed by atoms with E-state index in [2.05, 4.69) is 5.32 Å². The van der Waals surface area contributed by atoms with Crippen LogP contribution in [0.15, 0.2) is 28.7 Å². The molecule has 3 nitrogen and oxygen atoms in total. The van der Waals surface area contributed by atoms with E-state index in [1.54, 1.807) is 31.2 Å². The number of hydrogen-bond acceptors (Lipinski definition) is 2. The van der Waals surface area contributed by atoms with Gasteiger partial charge in [-0.15, -0.1) is 0 Å². The number of benzene rings is 1. The Labute approximate surface area is 114 Å². The van der Waals surface area contributed by atoms with E-state index < -0.39 is 17.8 Å². The van der Waals surface area contributed by atoms with Crippen LogP contribution >= 0.6 is 0 Å². The van der Waals surface area contributed by atoms with Gasteiger partial charge in [-0.3, -0.25) is 4.79 Å². The minimum Gasteiger partial charge on any atom is -0.461 e. The van der Waals surface area contributed by atoms with Crippen LogP contribution in [0.2, 0.25) is 0 Å². The quantitative estimate of drug-likeness (QED) is 0.937. The average molecular weight is 279 g/mol. The molecule has 1 N–H and O–H groups in total. The number of carbonyl (C=O) groups excluding carboxylic acids is 1. The highest BCUT2D eigenvalue weighted by molar-refractivity contribution is 5.83. The second kappa shape index (κ2) is 4.30. The van der Waals surface area contributed by atoms with Crippen molar-refractivity contribution in [3.63, 3.8) is 0 Å². The van der Waals surface area contributed by atoms with Gasteiger partial charge >= 0.3 is 0 Å². The molecule has 20 heavy (non-hydrogen) atoms. The zero-order valence-electron chi connectivity index (χ0n) is 11.2. The summed E-state index contributed by atoms with van der Waals surface area (Å²) in [6.45, 7) is 3.12. The lowest BCUT2D eigenvalue weighted by Crippen LogP contribution is -2.24. The first-order chi connectivity index (χ1) is 9.41. The van der Waals surface area contributed by atoms with Gasteiger partial charge in [-0.25, -0.2) is 8.78 Å². The number of furan rings is 1. The van der Waals surface area contributed by atoms with Gasteiger partial charge in [0.25, 0.3) is 5.92 Å². The smallest absolute Gasteiger partial charge is 0.260 e. The predicted molar refractivity (Wildman–Crippen MR) is 70.8 cm³/mol. The minimum absolute atomic E-state index is 0.000219. The first-order valence-corrected chi connectivity index (χ1v) is 6.52. The van der Waals surface area contributed by atoms with Gasteiger partial charge < -0.3 is 9.73 Å². The van der Waals surface area contributed by atoms with E-state index in [0.29, 0.717) is 16.9 Å². The van der Waals surface area contributed by atoms with E-state index in [0.717, 1.165) is 5.39 Å². The number of rotatable bonds is 3. The van der Waals surface area contributed by atoms with Gasteiger partial charge in [0.15, 0.2) is 0 Å². The van der Waals surface area contributed by atoms with Crippen LogP contribution < -0.4 is 5.32 Å². The third-order valence-electron chi connectivity index (χ3n) is 3.83. The summed E-state index contributed by atoms with van der Waals surface area (Å²) in [5.41, 5.74) is 1.22. The molecule has 2 aromatic rings. The number of hydrogen-bond donors (Lipinski definition) is 1. The predicted octanol–water partition coefficient (Wildman–Crippen LogP) is 3.23. The number of carbonyl (C=O) groups is 1. The highest BCUT2D eigenvalue weighted by atomic mass is 19.3. The van der Waals surface area contributed by atoms with Crippen molar-refractivity contribution in [3.8, 4) is 0 Å². The number of fused-ring (bicyclic) bond motifs is 1. The first-order valence-electron chi connectivity index (χ1n) is 6.52. The number of alkyl halides is 2. The summed E-state index contributed by atoms with van der Waals surface area (Å²) in [6.07, 6.45) is 0. The van der Waals surface area contributed by atoms with E-state index >= 15 is 0 Å². The fraction of sp³-hybridized carbons (Fsp3) is 0.400. The summed E-state index contributed by atoms with van der Waals surface area (Å²) >= 11 is 0. The maximum absolute atomic E-state index is 13.9. The summed E-state index contributed by atoms with van der Waals surface area (Å²) in [7, 11) is 0. The molecule has 1 aliphatic rings. The van der Waals surface area contributed by atoms with Crippen LogP contribution in [-0.4, -0.2) is 18.4 Å². The molecule has 5 heteroatoms. The first kappa shape index (κ1) is 13.1. The molecule has 0 aliphatic heterocycles. The van der Waals surface area contributed by atoms with E-state index in [1.165, 1.54) is 6.92 Å². The molecule has 1 aliphatic carbocycles. The molecule has 2 atom stereocenters. The van der Waals surface area contributed by atoms with Crippen molar-refractivity contribution in [2.24, 2.45) is 5.92 Å². The maximum atomic E-state index is 13.9. The van der Waals surface area contributed by atoms with Crippen molar-refractivity contribution < 1.29 is 18.0 Å². The molecule has 106 valence electrons. The third kappa shape index (κ3) is 1.97. The molecule has 2 unspecified atom stereocenters. The zero-order valence-corrected chi connectivity index (χ0v) is 11.2. The van der Waals surface area contributed by atoms with Gasteiger partial charge in [0.2, 0.25) is 5.91 Å². The Morgan fingerprint density at radius 1 is 1.45 bits per heavy atom. The summed E-state index contributed by atoms with van der Waals surface area (Å²) in [6, 6.07) is 7.00. The Kier molecular flexibility index (Phi) is 2.81. The Morgan fingerprint density at radius 2 is 2.20 bits per heavy atom. The molecule has 0 saturated heterocycles. The molecule has 1 saturated carbocycles. The normalized spacial score (nSPS) is 23.8. The highest BCUT2D eigenvalue weighted by Crippen LogP contribution is 2.62. The van der Waals surface area contributed by atoms with Gasteiger partial charge in [-0.1, -0.05) is 12.1 Å². The molecule has 0 spiro atoms. The Bertz CT molecular complexity index is 678. The summed E-state index contributed by atoms with van der Waals surface area (Å²) < 4.78 is 33.4. The second-order valence-corrected chi connectivity index (χ2v) is 5.31. The van der Waals surface area contributed by atoms with Gasteiger partial charge in [0, 0.05) is 18.9 Å². The SMILES string of the molecule is CC(=O)NCC1C(c2cccc3oc(C)cc23)C1(F)F. The van der Waals surface area contributed by atoms with Crippen LogP contribution in [0, 0.1) is 12.8 Å². The monoisotopic (exact) mass is 279 g/mol. The standard InChI is InChI=1S/C15H15F2NO2/c1-8-6-11-10(4-3-5-13(11)20-8)14-12(15(14,16)17)7-18-9(2)19/h3-6,12,14H,7H2,1-2H3,(H,18,19). The molecule has 1 heterocycles. The van der Waals surface area contributed by atoms with E-state index in [9.17, 15) is 13.6 Å². The zero-order chi connectivity index (χ0) is 14.5. The number of halogens is 2. The van der Waals surface area contributed by atoms with Gasteiger partial charge in [0.05, 0.1) is 11.8 Å². The van der Waals surface area contributed by atoms with Crippen LogP contribution in [0.1, 0.15) is 24.2 Å². The van der Waals surface area contributed by atoms with Gasteiger partial charge in [-0.05, 0) is 24.6 Å². The van der Waals surface area contributed by atoms with Crippen molar-refractivity contribution in [1.29, 1.82) is 0 Å². The molecule has 1 fully saturated rings. The number of nitrogens with one attached hydrogen (secondary N) is 1. The molecular formula is C15H15F2NO2. The molecule has 1 aromatic heterocycles.